The summed E-state index contributed by atoms with van der Waals surface area (Å²) in [6.45, 7) is 9.95. The number of carbonyl (C=O) groups excluding carboxylic acids is 1. The van der Waals surface area contributed by atoms with E-state index in [1.807, 2.05) is 0 Å². The lowest BCUT2D eigenvalue weighted by molar-refractivity contribution is -0.141. The number of nitrogens with zero attached hydrogens (tertiary/aromatic N) is 2. The highest BCUT2D eigenvalue weighted by molar-refractivity contribution is 5.95. The van der Waals surface area contributed by atoms with Crippen molar-refractivity contribution < 1.29 is 24.5 Å². The van der Waals surface area contributed by atoms with Crippen LogP contribution in [0.5, 0.6) is 0 Å². The molecule has 0 aliphatic carbocycles. The highest BCUT2D eigenvalue weighted by atomic mass is 16.6. The van der Waals surface area contributed by atoms with Gasteiger partial charge in [0.15, 0.2) is 0 Å². The van der Waals surface area contributed by atoms with Crippen molar-refractivity contribution in [2.75, 3.05) is 4.90 Å². The van der Waals surface area contributed by atoms with Gasteiger partial charge in [-0.2, -0.15) is 0 Å². The van der Waals surface area contributed by atoms with Crippen LogP contribution in [0.3, 0.4) is 0 Å². The van der Waals surface area contributed by atoms with E-state index in [2.05, 4.69) is 4.98 Å². The number of aliphatic hydroxyl groups excluding tert-OH is 1. The number of rotatable bonds is 4. The van der Waals surface area contributed by atoms with E-state index in [9.17, 15) is 19.8 Å². The Morgan fingerprint density at radius 3 is 2.21 bits per heavy atom. The fourth-order valence-corrected chi connectivity index (χ4v) is 2.20. The van der Waals surface area contributed by atoms with Crippen molar-refractivity contribution in [3.05, 3.63) is 23.9 Å². The average Bonchev–Trinajstić information content (AvgIpc) is 2.40. The molecule has 0 bridgehead atoms. The molecular weight excluding hydrogens is 312 g/mol. The van der Waals surface area contributed by atoms with E-state index in [1.165, 1.54) is 6.07 Å². The maximum atomic E-state index is 12.7. The first-order valence-electron chi connectivity index (χ1n) is 7.68. The number of hydrogen-bond donors (Lipinski definition) is 2. The molecule has 0 saturated heterocycles. The van der Waals surface area contributed by atoms with Gasteiger partial charge in [-0.05, 0) is 38.3 Å². The molecule has 1 rings (SSSR count). The van der Waals surface area contributed by atoms with Crippen molar-refractivity contribution >= 4 is 17.9 Å². The van der Waals surface area contributed by atoms with Gasteiger partial charge < -0.3 is 14.9 Å². The van der Waals surface area contributed by atoms with Crippen molar-refractivity contribution in [2.45, 2.75) is 59.8 Å². The average molecular weight is 338 g/mol. The van der Waals surface area contributed by atoms with Crippen molar-refractivity contribution in [1.29, 1.82) is 0 Å². The number of amides is 1. The molecule has 7 heteroatoms. The van der Waals surface area contributed by atoms with Gasteiger partial charge in [0.25, 0.3) is 0 Å². The molecule has 24 heavy (non-hydrogen) atoms. The van der Waals surface area contributed by atoms with Crippen LogP contribution in [0.2, 0.25) is 0 Å². The van der Waals surface area contributed by atoms with Gasteiger partial charge >= 0.3 is 12.1 Å². The summed E-state index contributed by atoms with van der Waals surface area (Å²) in [6, 6.07) is 3.52. The molecule has 1 atom stereocenters. The second-order valence-corrected chi connectivity index (χ2v) is 7.60. The number of aliphatic carboxylic acids is 1. The third-order valence-corrected chi connectivity index (χ3v) is 3.10. The Hall–Kier alpha value is -2.15. The molecular formula is C17H26N2O5. The van der Waals surface area contributed by atoms with Gasteiger partial charge in [-0.25, -0.2) is 19.5 Å². The zero-order valence-corrected chi connectivity index (χ0v) is 15.0. The number of ether oxygens (including phenoxy) is 1. The van der Waals surface area contributed by atoms with Crippen LogP contribution in [-0.4, -0.2) is 38.9 Å². The monoisotopic (exact) mass is 338 g/mol. The fraction of sp³-hybridized carbons (Fsp3) is 0.588. The predicted octanol–water partition coefficient (Wildman–Crippen LogP) is 2.81. The zero-order valence-electron chi connectivity index (χ0n) is 15.0. The highest BCUT2D eigenvalue weighted by Gasteiger charge is 2.42. The first-order valence-corrected chi connectivity index (χ1v) is 7.68. The summed E-state index contributed by atoms with van der Waals surface area (Å²) in [7, 11) is 0. The lowest BCUT2D eigenvalue weighted by atomic mass is 9.85. The van der Waals surface area contributed by atoms with Crippen LogP contribution in [-0.2, 0) is 16.1 Å². The summed E-state index contributed by atoms with van der Waals surface area (Å²) in [5.74, 6) is -1.04. The fourth-order valence-electron chi connectivity index (χ4n) is 2.20. The number of anilines is 1. The van der Waals surface area contributed by atoms with Crippen LogP contribution < -0.4 is 4.90 Å². The molecule has 1 heterocycles. The third-order valence-electron chi connectivity index (χ3n) is 3.10. The summed E-state index contributed by atoms with van der Waals surface area (Å²) in [6.07, 6.45) is -0.799. The summed E-state index contributed by atoms with van der Waals surface area (Å²) >= 11 is 0. The van der Waals surface area contributed by atoms with Gasteiger partial charge in [0.2, 0.25) is 0 Å². The molecule has 1 aromatic rings. The molecule has 0 aromatic carbocycles. The minimum atomic E-state index is -1.19. The molecule has 0 aliphatic rings. The van der Waals surface area contributed by atoms with Crippen LogP contribution in [0.1, 0.15) is 47.2 Å². The van der Waals surface area contributed by atoms with E-state index in [0.29, 0.717) is 5.69 Å². The molecule has 0 fully saturated rings. The minimum Gasteiger partial charge on any atom is -0.480 e. The van der Waals surface area contributed by atoms with E-state index < -0.39 is 29.1 Å². The van der Waals surface area contributed by atoms with Crippen LogP contribution in [0.15, 0.2) is 18.2 Å². The first kappa shape index (κ1) is 19.9. The Kier molecular flexibility index (Phi) is 5.94. The molecule has 1 aromatic heterocycles. The summed E-state index contributed by atoms with van der Waals surface area (Å²) in [5, 5.41) is 19.0. The number of aromatic nitrogens is 1. The first-order chi connectivity index (χ1) is 10.9. The molecule has 1 unspecified atom stereocenters. The number of carboxylic acid groups (broad SMARTS) is 1. The lowest BCUT2D eigenvalue weighted by Gasteiger charge is -2.37. The Labute approximate surface area is 142 Å². The highest BCUT2D eigenvalue weighted by Crippen LogP contribution is 2.30. The second kappa shape index (κ2) is 7.17. The Morgan fingerprint density at radius 1 is 1.21 bits per heavy atom. The number of pyridine rings is 1. The molecule has 2 N–H and O–H groups in total. The molecule has 0 spiro atoms. The second-order valence-electron chi connectivity index (χ2n) is 7.60. The summed E-state index contributed by atoms with van der Waals surface area (Å²) < 4.78 is 5.38. The Bertz CT molecular complexity index is 602. The lowest BCUT2D eigenvalue weighted by Crippen LogP contribution is -2.54. The molecule has 0 aliphatic heterocycles. The van der Waals surface area contributed by atoms with Crippen molar-refractivity contribution in [1.82, 2.24) is 4.98 Å². The standard InChI is InChI=1S/C17H26N2O5/c1-16(2,3)13(14(21)22)19(15(23)24-17(4,5)6)12-9-7-8-11(10-20)18-12/h7-9,13,20H,10H2,1-6H3,(H,21,22). The summed E-state index contributed by atoms with van der Waals surface area (Å²) in [5.41, 5.74) is -1.22. The third kappa shape index (κ3) is 5.19. The van der Waals surface area contributed by atoms with Gasteiger partial charge in [0.05, 0.1) is 12.3 Å². The smallest absolute Gasteiger partial charge is 0.416 e. The van der Waals surface area contributed by atoms with E-state index >= 15 is 0 Å². The zero-order chi connectivity index (χ0) is 18.7. The SMILES string of the molecule is CC(C)(C)OC(=O)N(c1cccc(CO)n1)C(C(=O)O)C(C)(C)C. The van der Waals surface area contributed by atoms with Crippen LogP contribution in [0, 0.1) is 5.41 Å². The molecule has 0 saturated carbocycles. The van der Waals surface area contributed by atoms with Crippen LogP contribution in [0.4, 0.5) is 10.6 Å². The van der Waals surface area contributed by atoms with Crippen molar-refractivity contribution in [2.24, 2.45) is 5.41 Å². The maximum absolute atomic E-state index is 12.7. The topological polar surface area (TPSA) is 100.0 Å². The number of carbonyl (C=O) groups is 2. The largest absolute Gasteiger partial charge is 0.480 e. The van der Waals surface area contributed by atoms with Crippen molar-refractivity contribution in [3.63, 3.8) is 0 Å². The number of carboxylic acids is 1. The normalized spacial score (nSPS) is 13.3. The van der Waals surface area contributed by atoms with E-state index in [-0.39, 0.29) is 12.4 Å². The van der Waals surface area contributed by atoms with Gasteiger partial charge in [-0.15, -0.1) is 0 Å². The molecule has 134 valence electrons. The number of hydrogen-bond acceptors (Lipinski definition) is 5. The van der Waals surface area contributed by atoms with E-state index in [0.717, 1.165) is 4.90 Å². The minimum absolute atomic E-state index is 0.123. The van der Waals surface area contributed by atoms with Gasteiger partial charge in [0.1, 0.15) is 17.5 Å². The molecule has 7 nitrogen and oxygen atoms in total. The maximum Gasteiger partial charge on any atom is 0.416 e. The van der Waals surface area contributed by atoms with E-state index in [4.69, 9.17) is 4.74 Å². The van der Waals surface area contributed by atoms with E-state index in [1.54, 1.807) is 53.7 Å². The molecule has 0 radical (unpaired) electrons. The predicted molar refractivity (Wildman–Crippen MR) is 89.8 cm³/mol. The van der Waals surface area contributed by atoms with Crippen molar-refractivity contribution in [3.8, 4) is 0 Å². The molecule has 1 amide bonds. The number of aliphatic hydroxyl groups is 1. The summed E-state index contributed by atoms with van der Waals surface area (Å²) in [4.78, 5) is 29.8. The van der Waals surface area contributed by atoms with Gasteiger partial charge in [-0.1, -0.05) is 26.8 Å². The quantitative estimate of drug-likeness (QED) is 0.875. The Balaban J connectivity index is 3.44. The van der Waals surface area contributed by atoms with Gasteiger partial charge in [-0.3, -0.25) is 0 Å². The van der Waals surface area contributed by atoms with Crippen LogP contribution in [0.25, 0.3) is 0 Å². The van der Waals surface area contributed by atoms with Crippen LogP contribution >= 0.6 is 0 Å². The van der Waals surface area contributed by atoms with Gasteiger partial charge in [0, 0.05) is 0 Å². The Morgan fingerprint density at radius 2 is 1.79 bits per heavy atom.